The highest BCUT2D eigenvalue weighted by Crippen LogP contribution is 2.20. The third kappa shape index (κ3) is 5.86. The Kier molecular flexibility index (Phi) is 7.15. The van der Waals surface area contributed by atoms with E-state index in [4.69, 9.17) is 4.52 Å². The quantitative estimate of drug-likeness (QED) is 0.377. The average molecular weight is 441 g/mol. The van der Waals surface area contributed by atoms with E-state index < -0.39 is 0 Å². The van der Waals surface area contributed by atoms with Gasteiger partial charge in [0.25, 0.3) is 5.91 Å². The average Bonchev–Trinajstić information content (AvgIpc) is 3.34. The van der Waals surface area contributed by atoms with Crippen LogP contribution in [0.25, 0.3) is 11.4 Å². The Hall–Kier alpha value is -3.93. The summed E-state index contributed by atoms with van der Waals surface area (Å²) in [4.78, 5) is 21.6. The van der Waals surface area contributed by atoms with Gasteiger partial charge in [0.1, 0.15) is 0 Å². The number of nitrogens with zero attached hydrogens (tertiary/aromatic N) is 4. The highest BCUT2D eigenvalue weighted by atomic mass is 16.5. The first-order valence-corrected chi connectivity index (χ1v) is 11.1. The van der Waals surface area contributed by atoms with Crippen molar-refractivity contribution in [1.29, 1.82) is 0 Å². The van der Waals surface area contributed by atoms with E-state index in [9.17, 15) is 4.79 Å². The lowest BCUT2D eigenvalue weighted by atomic mass is 10.1. The fourth-order valence-electron chi connectivity index (χ4n) is 3.60. The van der Waals surface area contributed by atoms with E-state index in [-0.39, 0.29) is 5.91 Å². The molecule has 0 N–H and O–H groups in total. The standard InChI is InChI=1S/C27H28N4O2/c1-30(2)24-15-13-22(14-16-24)26-28-25(33-29-26)18-20-31(19-17-21-9-5-3-6-10-21)27(32)23-11-7-4-8-12-23/h3-16H,17-20H2,1-2H3. The Bertz CT molecular complexity index is 1160. The van der Waals surface area contributed by atoms with E-state index in [1.807, 2.05) is 96.7 Å². The van der Waals surface area contributed by atoms with Crippen LogP contribution in [0.15, 0.2) is 89.5 Å². The van der Waals surface area contributed by atoms with Gasteiger partial charge in [-0.25, -0.2) is 0 Å². The van der Waals surface area contributed by atoms with Gasteiger partial charge in [0.2, 0.25) is 11.7 Å². The molecule has 0 saturated heterocycles. The Labute approximate surface area is 194 Å². The Morgan fingerprint density at radius 2 is 1.45 bits per heavy atom. The van der Waals surface area contributed by atoms with Crippen molar-refractivity contribution in [1.82, 2.24) is 15.0 Å². The molecular formula is C27H28N4O2. The van der Waals surface area contributed by atoms with Crippen molar-refractivity contribution in [3.05, 3.63) is 102 Å². The smallest absolute Gasteiger partial charge is 0.253 e. The lowest BCUT2D eigenvalue weighted by Gasteiger charge is -2.22. The second-order valence-corrected chi connectivity index (χ2v) is 8.10. The first-order valence-electron chi connectivity index (χ1n) is 11.1. The maximum atomic E-state index is 13.2. The zero-order chi connectivity index (χ0) is 23.0. The third-order valence-electron chi connectivity index (χ3n) is 5.53. The van der Waals surface area contributed by atoms with Crippen molar-refractivity contribution in [2.24, 2.45) is 0 Å². The fraction of sp³-hybridized carbons (Fsp3) is 0.222. The fourth-order valence-corrected chi connectivity index (χ4v) is 3.60. The van der Waals surface area contributed by atoms with E-state index in [0.717, 1.165) is 17.7 Å². The van der Waals surface area contributed by atoms with Gasteiger partial charge >= 0.3 is 0 Å². The van der Waals surface area contributed by atoms with Crippen LogP contribution in [0, 0.1) is 0 Å². The number of rotatable bonds is 9. The molecule has 4 rings (SSSR count). The molecule has 0 saturated carbocycles. The van der Waals surface area contributed by atoms with Crippen LogP contribution in [0.3, 0.4) is 0 Å². The summed E-state index contributed by atoms with van der Waals surface area (Å²) in [5, 5.41) is 4.13. The Morgan fingerprint density at radius 3 is 2.12 bits per heavy atom. The number of amides is 1. The molecule has 1 aromatic heterocycles. The predicted octanol–water partition coefficient (Wildman–Crippen LogP) is 4.73. The van der Waals surface area contributed by atoms with Gasteiger partial charge in [-0.3, -0.25) is 4.79 Å². The number of anilines is 1. The molecule has 1 heterocycles. The molecule has 0 radical (unpaired) electrons. The molecule has 0 bridgehead atoms. The summed E-state index contributed by atoms with van der Waals surface area (Å²) in [6.45, 7) is 1.12. The molecule has 0 atom stereocenters. The number of hydrogen-bond acceptors (Lipinski definition) is 5. The summed E-state index contributed by atoms with van der Waals surface area (Å²) < 4.78 is 5.49. The number of hydrogen-bond donors (Lipinski definition) is 0. The molecule has 0 aliphatic rings. The summed E-state index contributed by atoms with van der Waals surface area (Å²) in [5.41, 5.74) is 3.88. The van der Waals surface area contributed by atoms with Crippen molar-refractivity contribution in [3.8, 4) is 11.4 Å². The lowest BCUT2D eigenvalue weighted by Crippen LogP contribution is -2.34. The summed E-state index contributed by atoms with van der Waals surface area (Å²) >= 11 is 0. The number of carbonyl (C=O) groups is 1. The van der Waals surface area contributed by atoms with E-state index in [1.54, 1.807) is 0 Å². The van der Waals surface area contributed by atoms with Gasteiger partial charge in [0.05, 0.1) is 0 Å². The molecule has 3 aromatic carbocycles. The van der Waals surface area contributed by atoms with E-state index in [0.29, 0.717) is 36.8 Å². The maximum Gasteiger partial charge on any atom is 0.253 e. The van der Waals surface area contributed by atoms with Crippen LogP contribution in [-0.2, 0) is 12.8 Å². The highest BCUT2D eigenvalue weighted by molar-refractivity contribution is 5.94. The van der Waals surface area contributed by atoms with Crippen LogP contribution in [-0.4, -0.2) is 48.1 Å². The zero-order valence-electron chi connectivity index (χ0n) is 19.0. The molecule has 1 amide bonds. The zero-order valence-corrected chi connectivity index (χ0v) is 19.0. The van der Waals surface area contributed by atoms with Crippen molar-refractivity contribution < 1.29 is 9.32 Å². The van der Waals surface area contributed by atoms with Gasteiger partial charge in [-0.2, -0.15) is 4.98 Å². The largest absolute Gasteiger partial charge is 0.378 e. The van der Waals surface area contributed by atoms with Crippen LogP contribution in [0.1, 0.15) is 21.8 Å². The second-order valence-electron chi connectivity index (χ2n) is 8.10. The SMILES string of the molecule is CN(C)c1ccc(-c2noc(CCN(CCc3ccccc3)C(=O)c3ccccc3)n2)cc1. The molecule has 6 heteroatoms. The molecular weight excluding hydrogens is 412 g/mol. The topological polar surface area (TPSA) is 62.5 Å². The van der Waals surface area contributed by atoms with Crippen LogP contribution in [0.4, 0.5) is 5.69 Å². The normalized spacial score (nSPS) is 10.7. The summed E-state index contributed by atoms with van der Waals surface area (Å²) in [5.74, 6) is 1.08. The molecule has 0 fully saturated rings. The molecule has 0 spiro atoms. The predicted molar refractivity (Wildman–Crippen MR) is 130 cm³/mol. The minimum Gasteiger partial charge on any atom is -0.378 e. The molecule has 33 heavy (non-hydrogen) atoms. The van der Waals surface area contributed by atoms with Crippen LogP contribution in [0.2, 0.25) is 0 Å². The van der Waals surface area contributed by atoms with E-state index in [1.165, 1.54) is 5.56 Å². The number of benzene rings is 3. The summed E-state index contributed by atoms with van der Waals surface area (Å²) in [6.07, 6.45) is 1.28. The first-order chi connectivity index (χ1) is 16.1. The first kappa shape index (κ1) is 22.3. The highest BCUT2D eigenvalue weighted by Gasteiger charge is 2.17. The number of aromatic nitrogens is 2. The van der Waals surface area contributed by atoms with Gasteiger partial charge in [0.15, 0.2) is 0 Å². The lowest BCUT2D eigenvalue weighted by molar-refractivity contribution is 0.0756. The second kappa shape index (κ2) is 10.6. The third-order valence-corrected chi connectivity index (χ3v) is 5.53. The van der Waals surface area contributed by atoms with Crippen molar-refractivity contribution in [2.45, 2.75) is 12.8 Å². The van der Waals surface area contributed by atoms with Crippen LogP contribution < -0.4 is 4.90 Å². The van der Waals surface area contributed by atoms with E-state index in [2.05, 4.69) is 22.3 Å². The van der Waals surface area contributed by atoms with E-state index >= 15 is 0 Å². The van der Waals surface area contributed by atoms with Gasteiger partial charge in [0, 0.05) is 50.4 Å². The molecule has 6 nitrogen and oxygen atoms in total. The van der Waals surface area contributed by atoms with Gasteiger partial charge < -0.3 is 14.3 Å². The van der Waals surface area contributed by atoms with Gasteiger partial charge in [-0.05, 0) is 48.4 Å². The molecule has 0 aliphatic carbocycles. The maximum absolute atomic E-state index is 13.2. The van der Waals surface area contributed by atoms with Crippen LogP contribution >= 0.6 is 0 Å². The molecule has 4 aromatic rings. The minimum atomic E-state index is 0.00513. The van der Waals surface area contributed by atoms with Gasteiger partial charge in [-0.1, -0.05) is 53.7 Å². The van der Waals surface area contributed by atoms with Crippen molar-refractivity contribution in [2.75, 3.05) is 32.1 Å². The molecule has 0 aliphatic heterocycles. The van der Waals surface area contributed by atoms with Crippen molar-refractivity contribution in [3.63, 3.8) is 0 Å². The van der Waals surface area contributed by atoms with Crippen molar-refractivity contribution >= 4 is 11.6 Å². The Morgan fingerprint density at radius 1 is 0.818 bits per heavy atom. The minimum absolute atomic E-state index is 0.00513. The summed E-state index contributed by atoms with van der Waals surface area (Å²) in [6, 6.07) is 27.6. The Balaban J connectivity index is 1.44. The monoisotopic (exact) mass is 440 g/mol. The molecule has 0 unspecified atom stereocenters. The number of carbonyl (C=O) groups excluding carboxylic acids is 1. The molecule has 168 valence electrons. The van der Waals surface area contributed by atoms with Gasteiger partial charge in [-0.15, -0.1) is 0 Å². The van der Waals surface area contributed by atoms with Crippen LogP contribution in [0.5, 0.6) is 0 Å². The summed E-state index contributed by atoms with van der Waals surface area (Å²) in [7, 11) is 4.00.